The standard InChI is InChI=1S/C14H22N2O2/c1-14(2)10-16(7-8-18-14)9-13(17)11-3-5-12(15)6-4-11/h3-6,13,17H,7-10,15H2,1-2H3. The van der Waals surface area contributed by atoms with Crippen LogP contribution in [0.1, 0.15) is 25.5 Å². The average molecular weight is 250 g/mol. The molecule has 3 N–H and O–H groups in total. The number of morpholine rings is 1. The Morgan fingerprint density at radius 2 is 2.06 bits per heavy atom. The van der Waals surface area contributed by atoms with E-state index in [-0.39, 0.29) is 5.60 Å². The molecule has 0 radical (unpaired) electrons. The van der Waals surface area contributed by atoms with Gasteiger partial charge < -0.3 is 15.6 Å². The molecule has 1 aliphatic heterocycles. The highest BCUT2D eigenvalue weighted by atomic mass is 16.5. The zero-order valence-electron chi connectivity index (χ0n) is 11.1. The Morgan fingerprint density at radius 1 is 1.39 bits per heavy atom. The maximum Gasteiger partial charge on any atom is 0.0916 e. The van der Waals surface area contributed by atoms with Gasteiger partial charge in [0.15, 0.2) is 0 Å². The molecule has 100 valence electrons. The van der Waals surface area contributed by atoms with E-state index in [2.05, 4.69) is 18.7 Å². The zero-order valence-corrected chi connectivity index (χ0v) is 11.1. The Balaban J connectivity index is 1.94. The van der Waals surface area contributed by atoms with Gasteiger partial charge in [-0.05, 0) is 31.5 Å². The molecule has 0 aromatic heterocycles. The maximum absolute atomic E-state index is 10.2. The Hall–Kier alpha value is -1.10. The molecule has 18 heavy (non-hydrogen) atoms. The van der Waals surface area contributed by atoms with Crippen LogP contribution < -0.4 is 5.73 Å². The van der Waals surface area contributed by atoms with E-state index in [1.54, 1.807) is 0 Å². The van der Waals surface area contributed by atoms with E-state index in [9.17, 15) is 5.11 Å². The number of aliphatic hydroxyl groups excluding tert-OH is 1. The van der Waals surface area contributed by atoms with Crippen molar-refractivity contribution in [3.8, 4) is 0 Å². The number of hydrogen-bond acceptors (Lipinski definition) is 4. The predicted octanol–water partition coefficient (Wildman–Crippen LogP) is 1.41. The van der Waals surface area contributed by atoms with Gasteiger partial charge in [-0.25, -0.2) is 0 Å². The summed E-state index contributed by atoms with van der Waals surface area (Å²) >= 11 is 0. The molecule has 0 spiro atoms. The van der Waals surface area contributed by atoms with Crippen LogP contribution >= 0.6 is 0 Å². The highest BCUT2D eigenvalue weighted by Crippen LogP contribution is 2.21. The van der Waals surface area contributed by atoms with Crippen LogP contribution in [0.15, 0.2) is 24.3 Å². The fourth-order valence-corrected chi connectivity index (χ4v) is 2.34. The van der Waals surface area contributed by atoms with Gasteiger partial charge >= 0.3 is 0 Å². The highest BCUT2D eigenvalue weighted by molar-refractivity contribution is 5.39. The van der Waals surface area contributed by atoms with Crippen molar-refractivity contribution >= 4 is 5.69 Å². The van der Waals surface area contributed by atoms with Crippen molar-refractivity contribution in [3.05, 3.63) is 29.8 Å². The first-order valence-electron chi connectivity index (χ1n) is 6.36. The Kier molecular flexibility index (Phi) is 3.90. The quantitative estimate of drug-likeness (QED) is 0.796. The second-order valence-electron chi connectivity index (χ2n) is 5.53. The van der Waals surface area contributed by atoms with Gasteiger partial charge in [0, 0.05) is 25.3 Å². The lowest BCUT2D eigenvalue weighted by Crippen LogP contribution is -2.49. The van der Waals surface area contributed by atoms with Crippen LogP contribution in [0.2, 0.25) is 0 Å². The molecular weight excluding hydrogens is 228 g/mol. The van der Waals surface area contributed by atoms with Crippen LogP contribution in [0.25, 0.3) is 0 Å². The molecule has 1 heterocycles. The Labute approximate surface area is 108 Å². The third-order valence-electron chi connectivity index (χ3n) is 3.26. The van der Waals surface area contributed by atoms with Gasteiger partial charge in [-0.2, -0.15) is 0 Å². The van der Waals surface area contributed by atoms with Crippen molar-refractivity contribution in [2.75, 3.05) is 32.0 Å². The minimum atomic E-state index is -0.473. The van der Waals surface area contributed by atoms with Crippen molar-refractivity contribution in [2.24, 2.45) is 0 Å². The number of hydrogen-bond donors (Lipinski definition) is 2. The van der Waals surface area contributed by atoms with E-state index in [0.29, 0.717) is 6.54 Å². The summed E-state index contributed by atoms with van der Waals surface area (Å²) in [4.78, 5) is 2.24. The van der Waals surface area contributed by atoms with Crippen molar-refractivity contribution in [3.63, 3.8) is 0 Å². The van der Waals surface area contributed by atoms with Crippen LogP contribution in [0.4, 0.5) is 5.69 Å². The zero-order chi connectivity index (χ0) is 13.2. The molecule has 4 heteroatoms. The van der Waals surface area contributed by atoms with Gasteiger partial charge in [-0.3, -0.25) is 4.90 Å². The van der Waals surface area contributed by atoms with Gasteiger partial charge in [-0.1, -0.05) is 12.1 Å². The normalized spacial score (nSPS) is 21.7. The molecule has 1 aromatic rings. The van der Waals surface area contributed by atoms with E-state index >= 15 is 0 Å². The number of nitrogen functional groups attached to an aromatic ring is 1. The molecule has 1 unspecified atom stereocenters. The van der Waals surface area contributed by atoms with Crippen molar-refractivity contribution in [2.45, 2.75) is 25.6 Å². The monoisotopic (exact) mass is 250 g/mol. The van der Waals surface area contributed by atoms with Crippen LogP contribution in [-0.2, 0) is 4.74 Å². The van der Waals surface area contributed by atoms with Crippen LogP contribution in [0, 0.1) is 0 Å². The second-order valence-corrected chi connectivity index (χ2v) is 5.53. The average Bonchev–Trinajstić information content (AvgIpc) is 2.28. The van der Waals surface area contributed by atoms with Crippen LogP contribution in [0.3, 0.4) is 0 Å². The SMILES string of the molecule is CC1(C)CN(CC(O)c2ccc(N)cc2)CCO1. The number of ether oxygens (including phenoxy) is 1. The molecule has 1 aromatic carbocycles. The lowest BCUT2D eigenvalue weighted by molar-refractivity contribution is -0.0932. The molecule has 0 bridgehead atoms. The van der Waals surface area contributed by atoms with Crippen molar-refractivity contribution in [1.29, 1.82) is 0 Å². The van der Waals surface area contributed by atoms with E-state index in [4.69, 9.17) is 10.5 Å². The molecule has 1 fully saturated rings. The number of benzene rings is 1. The van der Waals surface area contributed by atoms with E-state index in [0.717, 1.165) is 30.9 Å². The smallest absolute Gasteiger partial charge is 0.0916 e. The summed E-state index contributed by atoms with van der Waals surface area (Å²) in [5, 5.41) is 10.2. The van der Waals surface area contributed by atoms with Gasteiger partial charge in [0.05, 0.1) is 18.3 Å². The molecule has 0 amide bonds. The number of nitrogens with zero attached hydrogens (tertiary/aromatic N) is 1. The summed E-state index contributed by atoms with van der Waals surface area (Å²) < 4.78 is 5.66. The first kappa shape index (κ1) is 13.3. The number of aliphatic hydroxyl groups is 1. The van der Waals surface area contributed by atoms with Crippen LogP contribution in [0.5, 0.6) is 0 Å². The van der Waals surface area contributed by atoms with E-state index < -0.39 is 6.10 Å². The summed E-state index contributed by atoms with van der Waals surface area (Å²) in [5.74, 6) is 0. The maximum atomic E-state index is 10.2. The summed E-state index contributed by atoms with van der Waals surface area (Å²) in [6, 6.07) is 7.40. The summed E-state index contributed by atoms with van der Waals surface area (Å²) in [6.07, 6.45) is -0.473. The molecule has 1 atom stereocenters. The summed E-state index contributed by atoms with van der Waals surface area (Å²) in [7, 11) is 0. The third-order valence-corrected chi connectivity index (χ3v) is 3.26. The second kappa shape index (κ2) is 5.26. The molecule has 2 rings (SSSR count). The van der Waals surface area contributed by atoms with Crippen LogP contribution in [-0.4, -0.2) is 41.8 Å². The minimum absolute atomic E-state index is 0.126. The summed E-state index contributed by atoms with van der Waals surface area (Å²) in [6.45, 7) is 7.23. The molecule has 0 saturated carbocycles. The number of rotatable bonds is 3. The number of nitrogens with two attached hydrogens (primary N) is 1. The fourth-order valence-electron chi connectivity index (χ4n) is 2.34. The van der Waals surface area contributed by atoms with E-state index in [1.165, 1.54) is 0 Å². The lowest BCUT2D eigenvalue weighted by atomic mass is 10.0. The van der Waals surface area contributed by atoms with Gasteiger partial charge in [0.25, 0.3) is 0 Å². The Morgan fingerprint density at radius 3 is 2.67 bits per heavy atom. The molecule has 4 nitrogen and oxygen atoms in total. The van der Waals surface area contributed by atoms with E-state index in [1.807, 2.05) is 24.3 Å². The van der Waals surface area contributed by atoms with Crippen molar-refractivity contribution < 1.29 is 9.84 Å². The first-order valence-corrected chi connectivity index (χ1v) is 6.36. The number of β-amino-alcohol motifs (C(OH)–C–C–N with tert-alkyl or cyclic N) is 1. The predicted molar refractivity (Wildman–Crippen MR) is 72.3 cm³/mol. The molecule has 0 aliphatic carbocycles. The highest BCUT2D eigenvalue weighted by Gasteiger charge is 2.28. The van der Waals surface area contributed by atoms with Gasteiger partial charge in [0.1, 0.15) is 0 Å². The van der Waals surface area contributed by atoms with Gasteiger partial charge in [0.2, 0.25) is 0 Å². The lowest BCUT2D eigenvalue weighted by Gasteiger charge is -2.38. The molecule has 1 aliphatic rings. The topological polar surface area (TPSA) is 58.7 Å². The molecular formula is C14H22N2O2. The Bertz CT molecular complexity index is 389. The van der Waals surface area contributed by atoms with Crippen molar-refractivity contribution in [1.82, 2.24) is 4.90 Å². The summed E-state index contributed by atoms with van der Waals surface area (Å²) in [5.41, 5.74) is 7.14. The third kappa shape index (κ3) is 3.45. The molecule has 1 saturated heterocycles. The minimum Gasteiger partial charge on any atom is -0.399 e. The largest absolute Gasteiger partial charge is 0.399 e. The number of anilines is 1. The first-order chi connectivity index (χ1) is 8.46. The van der Waals surface area contributed by atoms with Gasteiger partial charge in [-0.15, -0.1) is 0 Å². The fraction of sp³-hybridized carbons (Fsp3) is 0.571.